The maximum absolute atomic E-state index is 10.9. The molecular weight excluding hydrogens is 352 g/mol. The molecule has 2 aliphatic heterocycles. The summed E-state index contributed by atoms with van der Waals surface area (Å²) in [7, 11) is 0. The van der Waals surface area contributed by atoms with Gasteiger partial charge in [-0.1, -0.05) is 30.3 Å². The van der Waals surface area contributed by atoms with E-state index in [1.54, 1.807) is 10.9 Å². The molecule has 2 saturated heterocycles. The normalized spacial score (nSPS) is 22.4. The van der Waals surface area contributed by atoms with Crippen molar-refractivity contribution in [2.75, 3.05) is 26.2 Å². The lowest BCUT2D eigenvalue weighted by atomic mass is 9.92. The van der Waals surface area contributed by atoms with E-state index in [4.69, 9.17) is 5.11 Å². The molecule has 150 valence electrons. The molecule has 2 fully saturated rings. The number of carboxylic acids is 1. The summed E-state index contributed by atoms with van der Waals surface area (Å²) in [6, 6.07) is 13.4. The van der Waals surface area contributed by atoms with E-state index in [-0.39, 0.29) is 6.54 Å². The smallest absolute Gasteiger partial charge is 0.325 e. The van der Waals surface area contributed by atoms with Crippen LogP contribution < -0.4 is 0 Å². The molecule has 1 atom stereocenters. The zero-order valence-electron chi connectivity index (χ0n) is 16.4. The Morgan fingerprint density at radius 1 is 1.07 bits per heavy atom. The molecule has 0 amide bonds. The van der Waals surface area contributed by atoms with E-state index < -0.39 is 5.97 Å². The largest absolute Gasteiger partial charge is 0.480 e. The summed E-state index contributed by atoms with van der Waals surface area (Å²) in [5.41, 5.74) is 2.45. The molecule has 1 N–H and O–H groups in total. The summed E-state index contributed by atoms with van der Waals surface area (Å²) < 4.78 is 1.54. The van der Waals surface area contributed by atoms with E-state index in [2.05, 4.69) is 45.2 Å². The van der Waals surface area contributed by atoms with Crippen molar-refractivity contribution in [3.05, 3.63) is 53.9 Å². The summed E-state index contributed by atoms with van der Waals surface area (Å²) >= 11 is 0. The van der Waals surface area contributed by atoms with E-state index in [1.165, 1.54) is 31.4 Å². The minimum absolute atomic E-state index is 0.0592. The number of benzene rings is 1. The van der Waals surface area contributed by atoms with Gasteiger partial charge in [0, 0.05) is 31.2 Å². The lowest BCUT2D eigenvalue weighted by Gasteiger charge is -2.42. The topological polar surface area (TPSA) is 61.6 Å². The van der Waals surface area contributed by atoms with Gasteiger partial charge in [-0.2, -0.15) is 5.10 Å². The molecule has 28 heavy (non-hydrogen) atoms. The van der Waals surface area contributed by atoms with Crippen molar-refractivity contribution in [3.63, 3.8) is 0 Å². The van der Waals surface area contributed by atoms with Crippen molar-refractivity contribution < 1.29 is 9.90 Å². The van der Waals surface area contributed by atoms with Crippen LogP contribution in [0.4, 0.5) is 0 Å². The molecule has 1 aromatic carbocycles. The van der Waals surface area contributed by atoms with Gasteiger partial charge in [0.15, 0.2) is 0 Å². The average molecular weight is 383 g/mol. The van der Waals surface area contributed by atoms with E-state index in [0.717, 1.165) is 38.3 Å². The Morgan fingerprint density at radius 3 is 2.61 bits per heavy atom. The highest BCUT2D eigenvalue weighted by Crippen LogP contribution is 2.29. The molecule has 6 nitrogen and oxygen atoms in total. The van der Waals surface area contributed by atoms with Gasteiger partial charge in [-0.15, -0.1) is 0 Å². The molecule has 3 heterocycles. The van der Waals surface area contributed by atoms with Gasteiger partial charge in [-0.05, 0) is 56.9 Å². The second kappa shape index (κ2) is 8.88. The van der Waals surface area contributed by atoms with Gasteiger partial charge in [-0.3, -0.25) is 19.3 Å². The number of aliphatic carboxylic acids is 1. The van der Waals surface area contributed by atoms with Gasteiger partial charge < -0.3 is 5.11 Å². The first-order valence-corrected chi connectivity index (χ1v) is 10.4. The fourth-order valence-corrected chi connectivity index (χ4v) is 4.69. The number of nitrogens with zero attached hydrogens (tertiary/aromatic N) is 4. The van der Waals surface area contributed by atoms with Crippen molar-refractivity contribution in [1.82, 2.24) is 19.6 Å². The molecule has 4 rings (SSSR count). The van der Waals surface area contributed by atoms with E-state index in [0.29, 0.717) is 12.0 Å². The molecule has 2 aromatic rings. The number of rotatable bonds is 6. The third kappa shape index (κ3) is 4.80. The summed E-state index contributed by atoms with van der Waals surface area (Å²) in [5.74, 6) is -0.423. The summed E-state index contributed by atoms with van der Waals surface area (Å²) in [6.45, 7) is 5.54. The number of aromatic nitrogens is 2. The number of likely N-dealkylation sites (tertiary alicyclic amines) is 2. The average Bonchev–Trinajstić information content (AvgIpc) is 3.17. The number of hydrogen-bond acceptors (Lipinski definition) is 4. The SMILES string of the molecule is O=C(O)Cn1ccc([C@@H]2CCCN(C3CCN(Cc4ccccc4)CC3)C2)n1. The van der Waals surface area contributed by atoms with Crippen molar-refractivity contribution in [2.45, 2.75) is 50.7 Å². The highest BCUT2D eigenvalue weighted by Gasteiger charge is 2.30. The summed E-state index contributed by atoms with van der Waals surface area (Å²) in [4.78, 5) is 16.1. The van der Waals surface area contributed by atoms with Crippen LogP contribution in [0, 0.1) is 0 Å². The monoisotopic (exact) mass is 382 g/mol. The van der Waals surface area contributed by atoms with E-state index >= 15 is 0 Å². The minimum atomic E-state index is -0.845. The second-order valence-electron chi connectivity index (χ2n) is 8.16. The highest BCUT2D eigenvalue weighted by molar-refractivity contribution is 5.66. The summed E-state index contributed by atoms with van der Waals surface area (Å²) in [6.07, 6.45) is 6.60. The zero-order valence-corrected chi connectivity index (χ0v) is 16.4. The fraction of sp³-hybridized carbons (Fsp3) is 0.545. The predicted molar refractivity (Wildman–Crippen MR) is 108 cm³/mol. The molecule has 0 radical (unpaired) electrons. The Kier molecular flexibility index (Phi) is 6.07. The van der Waals surface area contributed by atoms with Crippen LogP contribution in [0.15, 0.2) is 42.6 Å². The Hall–Kier alpha value is -2.18. The standard InChI is InChI=1S/C22H30N4O2/c27-22(28)17-26-14-10-21(23-26)19-7-4-11-25(16-19)20-8-12-24(13-9-20)15-18-5-2-1-3-6-18/h1-3,5-6,10,14,19-20H,4,7-9,11-13,15-17H2,(H,27,28)/t19-/m1/s1. The van der Waals surface area contributed by atoms with Crippen LogP contribution in [-0.2, 0) is 17.9 Å². The quantitative estimate of drug-likeness (QED) is 0.832. The molecule has 0 spiro atoms. The second-order valence-corrected chi connectivity index (χ2v) is 8.16. The lowest BCUT2D eigenvalue weighted by Crippen LogP contribution is -2.48. The van der Waals surface area contributed by atoms with Gasteiger partial charge in [0.25, 0.3) is 0 Å². The van der Waals surface area contributed by atoms with Crippen LogP contribution in [0.5, 0.6) is 0 Å². The van der Waals surface area contributed by atoms with Crippen LogP contribution in [0.2, 0.25) is 0 Å². The van der Waals surface area contributed by atoms with Gasteiger partial charge in [0.1, 0.15) is 6.54 Å². The molecule has 0 unspecified atom stereocenters. The van der Waals surface area contributed by atoms with Crippen molar-refractivity contribution >= 4 is 5.97 Å². The minimum Gasteiger partial charge on any atom is -0.480 e. The predicted octanol–water partition coefficient (Wildman–Crippen LogP) is 2.81. The van der Waals surface area contributed by atoms with Gasteiger partial charge in [-0.25, -0.2) is 0 Å². The van der Waals surface area contributed by atoms with Crippen molar-refractivity contribution in [3.8, 4) is 0 Å². The number of hydrogen-bond donors (Lipinski definition) is 1. The number of piperidine rings is 2. The van der Waals surface area contributed by atoms with E-state index in [9.17, 15) is 4.79 Å². The van der Waals surface area contributed by atoms with Crippen molar-refractivity contribution in [2.24, 2.45) is 0 Å². The van der Waals surface area contributed by atoms with Gasteiger partial charge in [0.2, 0.25) is 0 Å². The number of carbonyl (C=O) groups is 1. The summed E-state index contributed by atoms with van der Waals surface area (Å²) in [5, 5.41) is 13.5. The van der Waals surface area contributed by atoms with E-state index in [1.807, 2.05) is 6.07 Å². The van der Waals surface area contributed by atoms with Gasteiger partial charge >= 0.3 is 5.97 Å². The molecule has 1 aromatic heterocycles. The first-order valence-electron chi connectivity index (χ1n) is 10.4. The third-order valence-corrected chi connectivity index (χ3v) is 6.15. The molecule has 6 heteroatoms. The van der Waals surface area contributed by atoms with Crippen LogP contribution in [-0.4, -0.2) is 62.9 Å². The number of carboxylic acid groups (broad SMARTS) is 1. The van der Waals surface area contributed by atoms with Gasteiger partial charge in [0.05, 0.1) is 5.69 Å². The molecule has 0 aliphatic carbocycles. The lowest BCUT2D eigenvalue weighted by molar-refractivity contribution is -0.137. The molecule has 2 aliphatic rings. The first-order chi connectivity index (χ1) is 13.7. The van der Waals surface area contributed by atoms with Crippen LogP contribution in [0.3, 0.4) is 0 Å². The maximum Gasteiger partial charge on any atom is 0.325 e. The van der Waals surface area contributed by atoms with Crippen molar-refractivity contribution in [1.29, 1.82) is 0 Å². The maximum atomic E-state index is 10.9. The van der Waals surface area contributed by atoms with Crippen LogP contribution in [0.1, 0.15) is 42.9 Å². The molecule has 0 bridgehead atoms. The molecular formula is C22H30N4O2. The third-order valence-electron chi connectivity index (χ3n) is 6.15. The highest BCUT2D eigenvalue weighted by atomic mass is 16.4. The fourth-order valence-electron chi connectivity index (χ4n) is 4.69. The van der Waals surface area contributed by atoms with Crippen LogP contribution >= 0.6 is 0 Å². The first kappa shape index (κ1) is 19.2. The Balaban J connectivity index is 1.29. The zero-order chi connectivity index (χ0) is 19.3. The van der Waals surface area contributed by atoms with Crippen LogP contribution in [0.25, 0.3) is 0 Å². The Labute approximate surface area is 166 Å². The Bertz CT molecular complexity index is 768. The Morgan fingerprint density at radius 2 is 1.86 bits per heavy atom. The molecule has 0 saturated carbocycles.